The average molecular weight is 521 g/mol. The van der Waals surface area contributed by atoms with Crippen molar-refractivity contribution in [3.05, 3.63) is 132 Å². The molecule has 0 aliphatic rings. The van der Waals surface area contributed by atoms with E-state index in [2.05, 4.69) is 78.9 Å². The van der Waals surface area contributed by atoms with Crippen molar-refractivity contribution in [3.8, 4) is 33.4 Å². The minimum Gasteiger partial charge on any atom is -0.455 e. The zero-order valence-corrected chi connectivity index (χ0v) is 21.6. The zero-order chi connectivity index (χ0) is 25.9. The van der Waals surface area contributed by atoms with Crippen LogP contribution in [0.15, 0.2) is 136 Å². The SMILES string of the molecule is Clc1ccc(-c2ccc(-c3ccc(-c4cccc5c4oc4ccccc45)cc3)c3c2oc2ccccc23)cc1. The third kappa shape index (κ3) is 3.49. The molecule has 2 aromatic heterocycles. The molecule has 0 aliphatic heterocycles. The van der Waals surface area contributed by atoms with Gasteiger partial charge in [-0.15, -0.1) is 0 Å². The molecular formula is C36H21ClO2. The van der Waals surface area contributed by atoms with Gasteiger partial charge in [0.2, 0.25) is 0 Å². The molecular weight excluding hydrogens is 500 g/mol. The maximum Gasteiger partial charge on any atom is 0.143 e. The fourth-order valence-corrected chi connectivity index (χ4v) is 5.86. The average Bonchev–Trinajstić information content (AvgIpc) is 3.56. The third-order valence-corrected chi connectivity index (χ3v) is 7.84. The van der Waals surface area contributed by atoms with Crippen LogP contribution in [0, 0.1) is 0 Å². The van der Waals surface area contributed by atoms with E-state index >= 15 is 0 Å². The second-order valence-corrected chi connectivity index (χ2v) is 10.3. The minimum atomic E-state index is 0.717. The van der Waals surface area contributed by atoms with E-state index in [1.807, 2.05) is 48.5 Å². The molecule has 0 bridgehead atoms. The molecule has 2 nitrogen and oxygen atoms in total. The number of para-hydroxylation sites is 3. The van der Waals surface area contributed by atoms with Crippen molar-refractivity contribution in [2.24, 2.45) is 0 Å². The molecule has 0 unspecified atom stereocenters. The normalized spacial score (nSPS) is 11.7. The van der Waals surface area contributed by atoms with Crippen molar-refractivity contribution in [3.63, 3.8) is 0 Å². The fourth-order valence-electron chi connectivity index (χ4n) is 5.73. The Bertz CT molecular complexity index is 2160. The molecule has 0 radical (unpaired) electrons. The zero-order valence-electron chi connectivity index (χ0n) is 20.8. The number of hydrogen-bond donors (Lipinski definition) is 0. The van der Waals surface area contributed by atoms with Gasteiger partial charge in [0.25, 0.3) is 0 Å². The molecule has 39 heavy (non-hydrogen) atoms. The molecule has 0 N–H and O–H groups in total. The molecule has 3 heteroatoms. The van der Waals surface area contributed by atoms with Gasteiger partial charge in [-0.05, 0) is 52.6 Å². The molecule has 8 aromatic rings. The lowest BCUT2D eigenvalue weighted by Crippen LogP contribution is -1.85. The Kier molecular flexibility index (Phi) is 4.91. The number of benzene rings is 6. The first kappa shape index (κ1) is 22.2. The third-order valence-electron chi connectivity index (χ3n) is 7.59. The van der Waals surface area contributed by atoms with Gasteiger partial charge in [-0.1, -0.05) is 109 Å². The summed E-state index contributed by atoms with van der Waals surface area (Å²) in [6, 6.07) is 43.8. The summed E-state index contributed by atoms with van der Waals surface area (Å²) in [5, 5.41) is 5.21. The van der Waals surface area contributed by atoms with Crippen molar-refractivity contribution in [1.82, 2.24) is 0 Å². The first-order valence-electron chi connectivity index (χ1n) is 13.0. The Hall–Kier alpha value is -4.79. The molecule has 184 valence electrons. The predicted octanol–water partition coefficient (Wildman–Crippen LogP) is 11.1. The Morgan fingerprint density at radius 2 is 0.897 bits per heavy atom. The predicted molar refractivity (Wildman–Crippen MR) is 162 cm³/mol. The summed E-state index contributed by atoms with van der Waals surface area (Å²) in [4.78, 5) is 0. The molecule has 0 amide bonds. The Labute approximate surface area is 229 Å². The van der Waals surface area contributed by atoms with Crippen LogP contribution in [0.25, 0.3) is 77.3 Å². The topological polar surface area (TPSA) is 26.3 Å². The van der Waals surface area contributed by atoms with E-state index in [1.54, 1.807) is 0 Å². The molecule has 0 saturated carbocycles. The van der Waals surface area contributed by atoms with Gasteiger partial charge in [0.15, 0.2) is 0 Å². The number of fused-ring (bicyclic) bond motifs is 6. The molecule has 0 saturated heterocycles. The van der Waals surface area contributed by atoms with Gasteiger partial charge in [-0.25, -0.2) is 0 Å². The highest BCUT2D eigenvalue weighted by Crippen LogP contribution is 2.42. The van der Waals surface area contributed by atoms with Gasteiger partial charge in [-0.2, -0.15) is 0 Å². The number of rotatable bonds is 3. The van der Waals surface area contributed by atoms with Crippen LogP contribution < -0.4 is 0 Å². The lowest BCUT2D eigenvalue weighted by molar-refractivity contribution is 0.669. The first-order valence-corrected chi connectivity index (χ1v) is 13.3. The van der Waals surface area contributed by atoms with Gasteiger partial charge in [-0.3, -0.25) is 0 Å². The van der Waals surface area contributed by atoms with Crippen LogP contribution in [0.2, 0.25) is 5.02 Å². The summed E-state index contributed by atoms with van der Waals surface area (Å²) in [5.74, 6) is 0. The van der Waals surface area contributed by atoms with Gasteiger partial charge in [0.05, 0.1) is 0 Å². The summed E-state index contributed by atoms with van der Waals surface area (Å²) < 4.78 is 12.7. The smallest absolute Gasteiger partial charge is 0.143 e. The van der Waals surface area contributed by atoms with E-state index in [-0.39, 0.29) is 0 Å². The lowest BCUT2D eigenvalue weighted by atomic mass is 9.93. The summed E-state index contributed by atoms with van der Waals surface area (Å²) in [6.45, 7) is 0. The van der Waals surface area contributed by atoms with E-state index in [1.165, 1.54) is 0 Å². The minimum absolute atomic E-state index is 0.717. The largest absolute Gasteiger partial charge is 0.455 e. The number of furan rings is 2. The molecule has 8 rings (SSSR count). The van der Waals surface area contributed by atoms with Gasteiger partial charge in [0.1, 0.15) is 22.3 Å². The van der Waals surface area contributed by atoms with E-state index in [0.717, 1.165) is 82.3 Å². The second-order valence-electron chi connectivity index (χ2n) is 9.83. The van der Waals surface area contributed by atoms with Crippen LogP contribution in [-0.4, -0.2) is 0 Å². The highest BCUT2D eigenvalue weighted by atomic mass is 35.5. The van der Waals surface area contributed by atoms with Crippen LogP contribution in [0.3, 0.4) is 0 Å². The molecule has 0 spiro atoms. The summed E-state index contributed by atoms with van der Waals surface area (Å²) in [7, 11) is 0. The van der Waals surface area contributed by atoms with Crippen molar-refractivity contribution in [2.75, 3.05) is 0 Å². The van der Waals surface area contributed by atoms with Crippen LogP contribution in [-0.2, 0) is 0 Å². The summed E-state index contributed by atoms with van der Waals surface area (Å²) >= 11 is 6.17. The maximum absolute atomic E-state index is 6.46. The first-order chi connectivity index (χ1) is 19.2. The van der Waals surface area contributed by atoms with E-state index in [0.29, 0.717) is 0 Å². The quantitative estimate of drug-likeness (QED) is 0.231. The van der Waals surface area contributed by atoms with Crippen molar-refractivity contribution >= 4 is 55.5 Å². The molecule has 0 fully saturated rings. The van der Waals surface area contributed by atoms with Crippen LogP contribution in [0.4, 0.5) is 0 Å². The van der Waals surface area contributed by atoms with Crippen molar-refractivity contribution < 1.29 is 8.83 Å². The Morgan fingerprint density at radius 3 is 1.64 bits per heavy atom. The van der Waals surface area contributed by atoms with Crippen LogP contribution in [0.1, 0.15) is 0 Å². The fraction of sp³-hybridized carbons (Fsp3) is 0. The second kappa shape index (κ2) is 8.62. The highest BCUT2D eigenvalue weighted by molar-refractivity contribution is 6.30. The lowest BCUT2D eigenvalue weighted by Gasteiger charge is -2.10. The molecule has 2 heterocycles. The van der Waals surface area contributed by atoms with Gasteiger partial charge in [0, 0.05) is 37.7 Å². The van der Waals surface area contributed by atoms with E-state index in [9.17, 15) is 0 Å². The summed E-state index contributed by atoms with van der Waals surface area (Å²) in [5.41, 5.74) is 10.2. The summed E-state index contributed by atoms with van der Waals surface area (Å²) in [6.07, 6.45) is 0. The molecule has 0 atom stereocenters. The molecule has 6 aromatic carbocycles. The number of hydrogen-bond acceptors (Lipinski definition) is 2. The van der Waals surface area contributed by atoms with E-state index < -0.39 is 0 Å². The standard InChI is InChI=1S/C36H21ClO2/c37-25-18-16-24(17-19-25)28-21-20-26(34-31-7-2-4-11-33(31)39-36(28)34)22-12-14-23(15-13-22)27-8-5-9-30-29-6-1-3-10-32(29)38-35(27)30/h1-21H. The van der Waals surface area contributed by atoms with Gasteiger partial charge < -0.3 is 8.83 Å². The number of halogens is 1. The van der Waals surface area contributed by atoms with Crippen molar-refractivity contribution in [1.29, 1.82) is 0 Å². The maximum atomic E-state index is 6.46. The van der Waals surface area contributed by atoms with Crippen LogP contribution >= 0.6 is 11.6 Å². The van der Waals surface area contributed by atoms with Crippen LogP contribution in [0.5, 0.6) is 0 Å². The highest BCUT2D eigenvalue weighted by Gasteiger charge is 2.18. The van der Waals surface area contributed by atoms with E-state index in [4.69, 9.17) is 20.4 Å². The Balaban J connectivity index is 1.29. The van der Waals surface area contributed by atoms with Gasteiger partial charge >= 0.3 is 0 Å². The Morgan fingerprint density at radius 1 is 0.385 bits per heavy atom. The monoisotopic (exact) mass is 520 g/mol. The molecule has 0 aliphatic carbocycles. The van der Waals surface area contributed by atoms with Crippen molar-refractivity contribution in [2.45, 2.75) is 0 Å².